The first-order valence-electron chi connectivity index (χ1n) is 6.67. The van der Waals surface area contributed by atoms with Crippen LogP contribution in [-0.2, 0) is 0 Å². The van der Waals surface area contributed by atoms with Crippen molar-refractivity contribution < 1.29 is 0 Å². The van der Waals surface area contributed by atoms with Crippen LogP contribution in [0.1, 0.15) is 41.8 Å². The Balaban J connectivity index is 1.69. The van der Waals surface area contributed by atoms with Gasteiger partial charge < -0.3 is 10.2 Å². The Hall–Kier alpha value is -0.450. The molecule has 0 aliphatic carbocycles. The van der Waals surface area contributed by atoms with E-state index < -0.39 is 0 Å². The van der Waals surface area contributed by atoms with Crippen molar-refractivity contribution in [1.29, 1.82) is 0 Å². The predicted octanol–water partition coefficient (Wildman–Crippen LogP) is 2.03. The molecule has 1 atom stereocenters. The smallest absolute Gasteiger partial charge is 0.0960 e. The average Bonchev–Trinajstić information content (AvgIpc) is 2.98. The Bertz CT molecular complexity index is 351. The minimum atomic E-state index is 0.687. The number of likely N-dealkylation sites (tertiary alicyclic amines) is 1. The van der Waals surface area contributed by atoms with Gasteiger partial charge in [-0.15, -0.1) is 11.3 Å². The van der Waals surface area contributed by atoms with Crippen LogP contribution >= 0.6 is 11.3 Å². The van der Waals surface area contributed by atoms with Gasteiger partial charge in [0.2, 0.25) is 0 Å². The highest BCUT2D eigenvalue weighted by Gasteiger charge is 2.25. The van der Waals surface area contributed by atoms with Crippen molar-refractivity contribution in [3.8, 4) is 0 Å². The average molecular weight is 251 g/mol. The molecule has 0 spiro atoms. The van der Waals surface area contributed by atoms with E-state index in [0.717, 1.165) is 13.1 Å². The molecule has 2 saturated heterocycles. The van der Waals surface area contributed by atoms with Gasteiger partial charge in [-0.3, -0.25) is 0 Å². The maximum absolute atomic E-state index is 4.91. The lowest BCUT2D eigenvalue weighted by Gasteiger charge is -2.20. The molecule has 2 aliphatic rings. The van der Waals surface area contributed by atoms with Gasteiger partial charge in [0.15, 0.2) is 0 Å². The van der Waals surface area contributed by atoms with Gasteiger partial charge in [-0.25, -0.2) is 4.98 Å². The van der Waals surface area contributed by atoms with Gasteiger partial charge in [-0.1, -0.05) is 0 Å². The van der Waals surface area contributed by atoms with Crippen LogP contribution < -0.4 is 5.32 Å². The zero-order valence-electron chi connectivity index (χ0n) is 10.5. The second-order valence-corrected chi connectivity index (χ2v) is 6.27. The van der Waals surface area contributed by atoms with Crippen LogP contribution in [0.3, 0.4) is 0 Å². The fraction of sp³-hybridized carbons (Fsp3) is 0.769. The first kappa shape index (κ1) is 11.6. The third-order valence-electron chi connectivity index (χ3n) is 4.04. The summed E-state index contributed by atoms with van der Waals surface area (Å²) in [7, 11) is 2.21. The van der Waals surface area contributed by atoms with E-state index in [1.807, 2.05) is 11.3 Å². The highest BCUT2D eigenvalue weighted by molar-refractivity contribution is 7.09. The second-order valence-electron chi connectivity index (χ2n) is 5.38. The number of piperidine rings is 1. The number of aromatic nitrogens is 1. The van der Waals surface area contributed by atoms with Crippen molar-refractivity contribution in [2.75, 3.05) is 33.2 Å². The summed E-state index contributed by atoms with van der Waals surface area (Å²) in [6.07, 6.45) is 3.81. The van der Waals surface area contributed by atoms with E-state index in [4.69, 9.17) is 4.98 Å². The fourth-order valence-corrected chi connectivity index (χ4v) is 3.99. The van der Waals surface area contributed by atoms with E-state index in [9.17, 15) is 0 Å². The van der Waals surface area contributed by atoms with Gasteiger partial charge >= 0.3 is 0 Å². The van der Waals surface area contributed by atoms with Crippen LogP contribution in [0.4, 0.5) is 0 Å². The van der Waals surface area contributed by atoms with Crippen molar-refractivity contribution in [2.24, 2.45) is 0 Å². The number of rotatable bonds is 2. The Morgan fingerprint density at radius 3 is 2.82 bits per heavy atom. The van der Waals surface area contributed by atoms with Gasteiger partial charge in [-0.05, 0) is 45.9 Å². The van der Waals surface area contributed by atoms with Gasteiger partial charge in [0.05, 0.1) is 10.7 Å². The molecule has 0 amide bonds. The van der Waals surface area contributed by atoms with Gasteiger partial charge in [0.25, 0.3) is 0 Å². The van der Waals surface area contributed by atoms with E-state index in [2.05, 4.69) is 22.6 Å². The molecular weight excluding hydrogens is 230 g/mol. The Morgan fingerprint density at radius 2 is 2.12 bits per heavy atom. The molecule has 0 bridgehead atoms. The maximum atomic E-state index is 4.91. The number of hydrogen-bond acceptors (Lipinski definition) is 4. The van der Waals surface area contributed by atoms with Gasteiger partial charge in [0.1, 0.15) is 0 Å². The van der Waals surface area contributed by atoms with Crippen LogP contribution in [0, 0.1) is 0 Å². The highest BCUT2D eigenvalue weighted by Crippen LogP contribution is 2.32. The highest BCUT2D eigenvalue weighted by atomic mass is 32.1. The molecule has 3 nitrogen and oxygen atoms in total. The summed E-state index contributed by atoms with van der Waals surface area (Å²) < 4.78 is 0. The summed E-state index contributed by atoms with van der Waals surface area (Å²) in [6.45, 7) is 4.73. The molecule has 3 heterocycles. The lowest BCUT2D eigenvalue weighted by Crippen LogP contribution is -2.26. The molecule has 4 heteroatoms. The van der Waals surface area contributed by atoms with Crippen molar-refractivity contribution in [3.05, 3.63) is 16.1 Å². The van der Waals surface area contributed by atoms with Crippen molar-refractivity contribution in [1.82, 2.24) is 15.2 Å². The zero-order valence-corrected chi connectivity index (χ0v) is 11.3. The lowest BCUT2D eigenvalue weighted by molar-refractivity contribution is 0.410. The largest absolute Gasteiger partial charge is 0.317 e. The Kier molecular flexibility index (Phi) is 3.45. The fourth-order valence-electron chi connectivity index (χ4n) is 2.92. The van der Waals surface area contributed by atoms with Crippen LogP contribution in [-0.4, -0.2) is 43.1 Å². The standard InChI is InChI=1S/C13H21N3S/c1-16-7-4-11(8-16)12-9-17-13(15-12)10-2-5-14-6-3-10/h9-11,14H,2-8H2,1H3. The summed E-state index contributed by atoms with van der Waals surface area (Å²) >= 11 is 1.89. The molecular formula is C13H21N3S. The van der Waals surface area contributed by atoms with E-state index >= 15 is 0 Å². The summed E-state index contributed by atoms with van der Waals surface area (Å²) in [5, 5.41) is 7.11. The maximum Gasteiger partial charge on any atom is 0.0960 e. The SMILES string of the molecule is CN1CCC(c2csc(C3CCNCC3)n2)C1. The Morgan fingerprint density at radius 1 is 1.29 bits per heavy atom. The molecule has 1 aromatic rings. The second kappa shape index (κ2) is 5.04. The molecule has 1 aromatic heterocycles. The number of likely N-dealkylation sites (N-methyl/N-ethyl adjacent to an activating group) is 1. The minimum Gasteiger partial charge on any atom is -0.317 e. The third kappa shape index (κ3) is 2.54. The molecule has 0 aromatic carbocycles. The molecule has 2 fully saturated rings. The normalized spacial score (nSPS) is 27.7. The quantitative estimate of drug-likeness (QED) is 0.872. The van der Waals surface area contributed by atoms with Crippen LogP contribution in [0.15, 0.2) is 5.38 Å². The molecule has 0 radical (unpaired) electrons. The summed E-state index contributed by atoms with van der Waals surface area (Å²) in [5.41, 5.74) is 1.35. The zero-order chi connectivity index (χ0) is 11.7. The molecule has 17 heavy (non-hydrogen) atoms. The monoisotopic (exact) mass is 251 g/mol. The number of hydrogen-bond donors (Lipinski definition) is 1. The van der Waals surface area contributed by atoms with Crippen molar-refractivity contribution in [2.45, 2.75) is 31.1 Å². The van der Waals surface area contributed by atoms with Gasteiger partial charge in [0, 0.05) is 23.8 Å². The number of nitrogens with zero attached hydrogens (tertiary/aromatic N) is 2. The minimum absolute atomic E-state index is 0.687. The lowest BCUT2D eigenvalue weighted by atomic mass is 9.99. The number of nitrogens with one attached hydrogen (secondary N) is 1. The predicted molar refractivity (Wildman–Crippen MR) is 71.8 cm³/mol. The van der Waals surface area contributed by atoms with E-state index in [1.165, 1.54) is 43.1 Å². The van der Waals surface area contributed by atoms with Crippen LogP contribution in [0.25, 0.3) is 0 Å². The third-order valence-corrected chi connectivity index (χ3v) is 5.06. The first-order valence-corrected chi connectivity index (χ1v) is 7.55. The van der Waals surface area contributed by atoms with Gasteiger partial charge in [-0.2, -0.15) is 0 Å². The topological polar surface area (TPSA) is 28.2 Å². The molecule has 2 aliphatic heterocycles. The summed E-state index contributed by atoms with van der Waals surface area (Å²) in [4.78, 5) is 7.33. The molecule has 0 saturated carbocycles. The molecule has 1 unspecified atom stereocenters. The van der Waals surface area contributed by atoms with Crippen LogP contribution in [0.2, 0.25) is 0 Å². The van der Waals surface area contributed by atoms with Crippen molar-refractivity contribution >= 4 is 11.3 Å². The van der Waals surface area contributed by atoms with E-state index in [-0.39, 0.29) is 0 Å². The summed E-state index contributed by atoms with van der Waals surface area (Å²) in [5.74, 6) is 1.40. The molecule has 1 N–H and O–H groups in total. The Labute approximate surface area is 107 Å². The first-order chi connectivity index (χ1) is 8.33. The van der Waals surface area contributed by atoms with E-state index in [1.54, 1.807) is 0 Å². The summed E-state index contributed by atoms with van der Waals surface area (Å²) in [6, 6.07) is 0. The molecule has 3 rings (SSSR count). The number of thiazole rings is 1. The van der Waals surface area contributed by atoms with E-state index in [0.29, 0.717) is 11.8 Å². The molecule has 94 valence electrons. The van der Waals surface area contributed by atoms with Crippen molar-refractivity contribution in [3.63, 3.8) is 0 Å². The van der Waals surface area contributed by atoms with Crippen LogP contribution in [0.5, 0.6) is 0 Å².